The third-order valence-electron chi connectivity index (χ3n) is 3.89. The highest BCUT2D eigenvalue weighted by molar-refractivity contribution is 6.32. The summed E-state index contributed by atoms with van der Waals surface area (Å²) in [6.45, 7) is 3.95. The summed E-state index contributed by atoms with van der Waals surface area (Å²) in [6, 6.07) is 17.3. The van der Waals surface area contributed by atoms with Crippen molar-refractivity contribution >= 4 is 11.4 Å². The second kappa shape index (κ2) is 6.29. The van der Waals surface area contributed by atoms with Gasteiger partial charge in [0.05, 0.1) is 18.8 Å². The molecule has 0 saturated heterocycles. The summed E-state index contributed by atoms with van der Waals surface area (Å²) in [4.78, 5) is 12.7. The number of benzene rings is 2. The maximum atomic E-state index is 12.7. The highest BCUT2D eigenvalue weighted by atomic mass is 16.5. The molecule has 1 aliphatic rings. The Labute approximate surface area is 136 Å². The highest BCUT2D eigenvalue weighted by Gasteiger charge is 2.42. The molecule has 3 heteroatoms. The van der Waals surface area contributed by atoms with Crippen LogP contribution in [-0.2, 0) is 9.53 Å². The Kier molecular flexibility index (Phi) is 4.20. The van der Waals surface area contributed by atoms with Crippen molar-refractivity contribution in [1.29, 1.82) is 0 Å². The molecule has 0 N–H and O–H groups in total. The molecule has 0 bridgehead atoms. The Bertz CT molecular complexity index is 727. The molecule has 2 aromatic carbocycles. The van der Waals surface area contributed by atoms with Gasteiger partial charge >= 0.3 is 0 Å². The topological polar surface area (TPSA) is 35.5 Å². The van der Waals surface area contributed by atoms with Crippen LogP contribution in [0.25, 0.3) is 5.57 Å². The van der Waals surface area contributed by atoms with E-state index in [9.17, 15) is 4.79 Å². The average Bonchev–Trinajstić information content (AvgIpc) is 2.56. The molecule has 0 aromatic heterocycles. The van der Waals surface area contributed by atoms with E-state index in [0.717, 1.165) is 22.6 Å². The zero-order valence-electron chi connectivity index (χ0n) is 13.6. The van der Waals surface area contributed by atoms with Crippen molar-refractivity contribution in [3.05, 3.63) is 71.5 Å². The van der Waals surface area contributed by atoms with Crippen LogP contribution in [0.4, 0.5) is 0 Å². The van der Waals surface area contributed by atoms with Crippen molar-refractivity contribution < 1.29 is 14.3 Å². The summed E-state index contributed by atoms with van der Waals surface area (Å²) >= 11 is 0. The largest absolute Gasteiger partial charge is 0.497 e. The van der Waals surface area contributed by atoms with E-state index in [-0.39, 0.29) is 17.8 Å². The van der Waals surface area contributed by atoms with E-state index in [1.165, 1.54) is 0 Å². The van der Waals surface area contributed by atoms with Crippen molar-refractivity contribution in [2.24, 2.45) is 0 Å². The lowest BCUT2D eigenvalue weighted by molar-refractivity contribution is -0.117. The Morgan fingerprint density at radius 1 is 0.957 bits per heavy atom. The molecule has 0 fully saturated rings. The van der Waals surface area contributed by atoms with Gasteiger partial charge in [-0.05, 0) is 37.1 Å². The lowest BCUT2D eigenvalue weighted by Gasteiger charge is -2.33. The van der Waals surface area contributed by atoms with Gasteiger partial charge < -0.3 is 9.47 Å². The number of carbonyl (C=O) groups excluding carboxylic acids is 1. The Hall–Kier alpha value is -2.55. The number of ketones is 1. The van der Waals surface area contributed by atoms with Gasteiger partial charge in [0.15, 0.2) is 5.78 Å². The molecule has 3 rings (SSSR count). The fourth-order valence-corrected chi connectivity index (χ4v) is 2.82. The number of Topliss-reactive ketones (excluding diaryl/α,β-unsaturated/α-hetero) is 1. The average molecular weight is 308 g/mol. The normalized spacial score (nSPS) is 17.2. The number of methoxy groups -OCH3 is 1. The smallest absolute Gasteiger partial charge is 0.181 e. The number of rotatable bonds is 5. The first-order valence-electron chi connectivity index (χ1n) is 7.76. The van der Waals surface area contributed by atoms with Crippen molar-refractivity contribution in [3.8, 4) is 5.75 Å². The number of hydrogen-bond donors (Lipinski definition) is 0. The fraction of sp³-hybridized carbons (Fsp3) is 0.250. The molecule has 0 aliphatic heterocycles. The predicted molar refractivity (Wildman–Crippen MR) is 90.3 cm³/mol. The minimum absolute atomic E-state index is 0.0255. The fourth-order valence-electron chi connectivity index (χ4n) is 2.82. The Balaban J connectivity index is 2.02. The van der Waals surface area contributed by atoms with Gasteiger partial charge in [-0.1, -0.05) is 42.5 Å². The quantitative estimate of drug-likeness (QED) is 0.830. The van der Waals surface area contributed by atoms with E-state index in [2.05, 4.69) is 0 Å². The molecule has 0 radical (unpaired) electrons. The summed E-state index contributed by atoms with van der Waals surface area (Å²) in [5.74, 6) is 1.35. The van der Waals surface area contributed by atoms with Crippen LogP contribution in [0.15, 0.2) is 60.4 Å². The van der Waals surface area contributed by atoms with Crippen LogP contribution in [0.1, 0.15) is 30.9 Å². The standard InChI is InChI=1S/C20H20O3/c1-13(2)23-20-17(14-7-5-4-6-8-14)19(21)18(20)15-9-11-16(22-3)12-10-15/h4-13,17H,1-3H3. The van der Waals surface area contributed by atoms with Crippen LogP contribution in [0.3, 0.4) is 0 Å². The summed E-state index contributed by atoms with van der Waals surface area (Å²) in [5.41, 5.74) is 2.53. The molecule has 0 spiro atoms. The van der Waals surface area contributed by atoms with Gasteiger partial charge in [0, 0.05) is 0 Å². The van der Waals surface area contributed by atoms with Gasteiger partial charge in [-0.25, -0.2) is 0 Å². The van der Waals surface area contributed by atoms with Crippen LogP contribution < -0.4 is 4.74 Å². The third kappa shape index (κ3) is 2.87. The number of hydrogen-bond acceptors (Lipinski definition) is 3. The summed E-state index contributed by atoms with van der Waals surface area (Å²) in [6.07, 6.45) is 0.0255. The molecule has 3 nitrogen and oxygen atoms in total. The van der Waals surface area contributed by atoms with Crippen molar-refractivity contribution in [2.45, 2.75) is 25.9 Å². The van der Waals surface area contributed by atoms with Crippen LogP contribution in [0.2, 0.25) is 0 Å². The maximum absolute atomic E-state index is 12.7. The van der Waals surface area contributed by atoms with Crippen LogP contribution in [0.5, 0.6) is 5.75 Å². The van der Waals surface area contributed by atoms with E-state index >= 15 is 0 Å². The van der Waals surface area contributed by atoms with Crippen molar-refractivity contribution in [1.82, 2.24) is 0 Å². The predicted octanol–water partition coefficient (Wildman–Crippen LogP) is 4.20. The first-order chi connectivity index (χ1) is 11.1. The molecule has 2 aromatic rings. The minimum atomic E-state index is -0.296. The van der Waals surface area contributed by atoms with Crippen LogP contribution >= 0.6 is 0 Å². The zero-order valence-corrected chi connectivity index (χ0v) is 13.6. The third-order valence-corrected chi connectivity index (χ3v) is 3.89. The van der Waals surface area contributed by atoms with E-state index in [1.807, 2.05) is 68.4 Å². The van der Waals surface area contributed by atoms with Gasteiger partial charge in [-0.15, -0.1) is 0 Å². The molecule has 1 unspecified atom stereocenters. The van der Waals surface area contributed by atoms with Crippen molar-refractivity contribution in [3.63, 3.8) is 0 Å². The molecule has 0 heterocycles. The highest BCUT2D eigenvalue weighted by Crippen LogP contribution is 2.45. The van der Waals surface area contributed by atoms with Crippen LogP contribution in [-0.4, -0.2) is 19.0 Å². The second-order valence-corrected chi connectivity index (χ2v) is 5.84. The molecule has 118 valence electrons. The Morgan fingerprint density at radius 2 is 1.61 bits per heavy atom. The molecular formula is C20H20O3. The molecule has 0 saturated carbocycles. The van der Waals surface area contributed by atoms with Gasteiger partial charge in [0.2, 0.25) is 0 Å². The lowest BCUT2D eigenvalue weighted by atomic mass is 9.75. The first-order valence-corrected chi connectivity index (χ1v) is 7.76. The minimum Gasteiger partial charge on any atom is -0.497 e. The van der Waals surface area contributed by atoms with E-state index < -0.39 is 0 Å². The summed E-state index contributed by atoms with van der Waals surface area (Å²) in [5, 5.41) is 0. The summed E-state index contributed by atoms with van der Waals surface area (Å²) in [7, 11) is 1.63. The molecule has 23 heavy (non-hydrogen) atoms. The number of ether oxygens (including phenoxy) is 2. The molecular weight excluding hydrogens is 288 g/mol. The number of allylic oxidation sites excluding steroid dienone is 2. The summed E-state index contributed by atoms with van der Waals surface area (Å²) < 4.78 is 11.2. The first kappa shape index (κ1) is 15.3. The molecule has 1 aliphatic carbocycles. The lowest BCUT2D eigenvalue weighted by Crippen LogP contribution is -2.31. The van der Waals surface area contributed by atoms with E-state index in [1.54, 1.807) is 7.11 Å². The Morgan fingerprint density at radius 3 is 2.17 bits per heavy atom. The molecule has 1 atom stereocenters. The van der Waals surface area contributed by atoms with Crippen LogP contribution in [0, 0.1) is 0 Å². The van der Waals surface area contributed by atoms with Gasteiger partial charge in [0.1, 0.15) is 17.4 Å². The van der Waals surface area contributed by atoms with E-state index in [0.29, 0.717) is 5.57 Å². The maximum Gasteiger partial charge on any atom is 0.181 e. The zero-order chi connectivity index (χ0) is 16.4. The van der Waals surface area contributed by atoms with Crippen molar-refractivity contribution in [2.75, 3.05) is 7.11 Å². The van der Waals surface area contributed by atoms with Gasteiger partial charge in [0.25, 0.3) is 0 Å². The van der Waals surface area contributed by atoms with E-state index in [4.69, 9.17) is 9.47 Å². The number of carbonyl (C=O) groups is 1. The second-order valence-electron chi connectivity index (χ2n) is 5.84. The SMILES string of the molecule is COc1ccc(C2=C(OC(C)C)C(c3ccccc3)C2=O)cc1. The van der Waals surface area contributed by atoms with Gasteiger partial charge in [-0.2, -0.15) is 0 Å². The van der Waals surface area contributed by atoms with Gasteiger partial charge in [-0.3, -0.25) is 4.79 Å². The molecule has 0 amide bonds. The monoisotopic (exact) mass is 308 g/mol.